The van der Waals surface area contributed by atoms with Crippen LogP contribution in [0.1, 0.15) is 11.7 Å². The highest BCUT2D eigenvalue weighted by molar-refractivity contribution is 5.53. The van der Waals surface area contributed by atoms with Gasteiger partial charge < -0.3 is 20.1 Å². The molecule has 2 aromatic rings. The number of nitrogens with zero attached hydrogens (tertiary/aromatic N) is 2. The van der Waals surface area contributed by atoms with Gasteiger partial charge >= 0.3 is 6.18 Å². The van der Waals surface area contributed by atoms with Crippen molar-refractivity contribution in [2.75, 3.05) is 31.6 Å². The van der Waals surface area contributed by atoms with E-state index in [1.54, 1.807) is 0 Å². The Labute approximate surface area is 142 Å². The standard InChI is InChI=1S/C16H17F3N4O2/c17-16(18,19)10-25-13-7-21-15(22-8-13)23-12-3-1-11(2-4-12)14-9-20-5-6-24-14/h1-4,7-8,14,20H,5-6,9-10H2,(H,21,22,23)/t14-/m0/s1. The number of hydrogen-bond donors (Lipinski definition) is 2. The SMILES string of the molecule is FC(F)(F)COc1cnc(Nc2ccc([C@@H]3CNCCO3)cc2)nc1. The first kappa shape index (κ1) is 17.4. The molecule has 9 heteroatoms. The molecule has 1 saturated heterocycles. The second-order valence-electron chi connectivity index (χ2n) is 5.46. The van der Waals surface area contributed by atoms with E-state index in [1.807, 2.05) is 24.3 Å². The van der Waals surface area contributed by atoms with Gasteiger partial charge in [0.25, 0.3) is 0 Å². The quantitative estimate of drug-likeness (QED) is 0.861. The first-order valence-electron chi connectivity index (χ1n) is 7.70. The largest absolute Gasteiger partial charge is 0.481 e. The Balaban J connectivity index is 1.56. The van der Waals surface area contributed by atoms with Crippen molar-refractivity contribution in [3.05, 3.63) is 42.2 Å². The van der Waals surface area contributed by atoms with Crippen molar-refractivity contribution in [2.45, 2.75) is 12.3 Å². The summed E-state index contributed by atoms with van der Waals surface area (Å²) < 4.78 is 46.5. The van der Waals surface area contributed by atoms with E-state index in [9.17, 15) is 13.2 Å². The van der Waals surface area contributed by atoms with E-state index in [0.29, 0.717) is 6.61 Å². The van der Waals surface area contributed by atoms with E-state index >= 15 is 0 Å². The Morgan fingerprint density at radius 1 is 1.20 bits per heavy atom. The fourth-order valence-corrected chi connectivity index (χ4v) is 2.31. The molecular formula is C16H17F3N4O2. The number of aromatic nitrogens is 2. The van der Waals surface area contributed by atoms with Crippen LogP contribution in [0.4, 0.5) is 24.8 Å². The van der Waals surface area contributed by atoms with Crippen LogP contribution in [0.2, 0.25) is 0 Å². The molecule has 1 aliphatic heterocycles. The predicted molar refractivity (Wildman–Crippen MR) is 84.9 cm³/mol. The topological polar surface area (TPSA) is 68.3 Å². The molecule has 2 heterocycles. The van der Waals surface area contributed by atoms with Gasteiger partial charge in [-0.25, -0.2) is 9.97 Å². The van der Waals surface area contributed by atoms with Gasteiger partial charge in [0.05, 0.1) is 25.1 Å². The highest BCUT2D eigenvalue weighted by Crippen LogP contribution is 2.22. The Bertz CT molecular complexity index is 671. The minimum atomic E-state index is -4.39. The lowest BCUT2D eigenvalue weighted by molar-refractivity contribution is -0.153. The first-order chi connectivity index (χ1) is 12.0. The van der Waals surface area contributed by atoms with Gasteiger partial charge in [0, 0.05) is 18.8 Å². The zero-order valence-electron chi connectivity index (χ0n) is 13.2. The highest BCUT2D eigenvalue weighted by Gasteiger charge is 2.28. The number of anilines is 2. The van der Waals surface area contributed by atoms with Crippen LogP contribution in [0.15, 0.2) is 36.7 Å². The normalized spacial score (nSPS) is 18.0. The molecule has 1 fully saturated rings. The van der Waals surface area contributed by atoms with Crippen LogP contribution < -0.4 is 15.4 Å². The van der Waals surface area contributed by atoms with Crippen molar-refractivity contribution >= 4 is 11.6 Å². The summed E-state index contributed by atoms with van der Waals surface area (Å²) in [4.78, 5) is 7.88. The summed E-state index contributed by atoms with van der Waals surface area (Å²) in [6.07, 6.45) is -1.98. The molecular weight excluding hydrogens is 337 g/mol. The molecule has 0 amide bonds. The molecule has 0 bridgehead atoms. The Morgan fingerprint density at radius 2 is 1.92 bits per heavy atom. The third-order valence-corrected chi connectivity index (χ3v) is 3.50. The molecule has 2 N–H and O–H groups in total. The van der Waals surface area contributed by atoms with E-state index in [2.05, 4.69) is 25.3 Å². The van der Waals surface area contributed by atoms with Crippen molar-refractivity contribution in [1.29, 1.82) is 0 Å². The van der Waals surface area contributed by atoms with E-state index in [-0.39, 0.29) is 17.8 Å². The Hall–Kier alpha value is -2.39. The fraction of sp³-hybridized carbons (Fsp3) is 0.375. The lowest BCUT2D eigenvalue weighted by atomic mass is 10.1. The van der Waals surface area contributed by atoms with Gasteiger partial charge in [0.1, 0.15) is 0 Å². The number of halogens is 3. The summed E-state index contributed by atoms with van der Waals surface area (Å²) in [6, 6.07) is 7.62. The van der Waals surface area contributed by atoms with Crippen LogP contribution in [-0.4, -0.2) is 42.4 Å². The lowest BCUT2D eigenvalue weighted by Crippen LogP contribution is -2.33. The van der Waals surface area contributed by atoms with Crippen molar-refractivity contribution in [3.63, 3.8) is 0 Å². The van der Waals surface area contributed by atoms with Gasteiger partial charge in [-0.2, -0.15) is 13.2 Å². The molecule has 1 aromatic heterocycles. The molecule has 0 radical (unpaired) electrons. The predicted octanol–water partition coefficient (Wildman–Crippen LogP) is 2.82. The summed E-state index contributed by atoms with van der Waals surface area (Å²) in [5.74, 6) is 0.225. The van der Waals surface area contributed by atoms with Gasteiger partial charge in [-0.15, -0.1) is 0 Å². The summed E-state index contributed by atoms with van der Waals surface area (Å²) >= 11 is 0. The molecule has 25 heavy (non-hydrogen) atoms. The van der Waals surface area contributed by atoms with E-state index in [4.69, 9.17) is 4.74 Å². The first-order valence-corrected chi connectivity index (χ1v) is 7.70. The minimum Gasteiger partial charge on any atom is -0.481 e. The Morgan fingerprint density at radius 3 is 2.52 bits per heavy atom. The number of nitrogens with one attached hydrogen (secondary N) is 2. The van der Waals surface area contributed by atoms with Crippen LogP contribution in [0.3, 0.4) is 0 Å². The van der Waals surface area contributed by atoms with Crippen LogP contribution in [0.25, 0.3) is 0 Å². The molecule has 0 saturated carbocycles. The average molecular weight is 354 g/mol. The van der Waals surface area contributed by atoms with Crippen molar-refractivity contribution in [2.24, 2.45) is 0 Å². The van der Waals surface area contributed by atoms with Gasteiger partial charge in [-0.1, -0.05) is 12.1 Å². The van der Waals surface area contributed by atoms with Crippen molar-refractivity contribution < 1.29 is 22.6 Å². The molecule has 0 aliphatic carbocycles. The molecule has 1 atom stereocenters. The van der Waals surface area contributed by atoms with Crippen LogP contribution in [0, 0.1) is 0 Å². The smallest absolute Gasteiger partial charge is 0.422 e. The number of morpholine rings is 1. The average Bonchev–Trinajstić information content (AvgIpc) is 2.62. The molecule has 134 valence electrons. The molecule has 3 rings (SSSR count). The number of rotatable bonds is 5. The van der Waals surface area contributed by atoms with Gasteiger partial charge in [0.2, 0.25) is 5.95 Å². The monoisotopic (exact) mass is 354 g/mol. The number of benzene rings is 1. The van der Waals surface area contributed by atoms with Gasteiger partial charge in [-0.3, -0.25) is 0 Å². The maximum atomic E-state index is 12.1. The minimum absolute atomic E-state index is 0.0316. The zero-order chi connectivity index (χ0) is 17.7. The number of ether oxygens (including phenoxy) is 2. The van der Waals surface area contributed by atoms with Gasteiger partial charge in [-0.05, 0) is 17.7 Å². The van der Waals surface area contributed by atoms with Gasteiger partial charge in [0.15, 0.2) is 12.4 Å². The summed E-state index contributed by atoms with van der Waals surface area (Å²) in [5.41, 5.74) is 1.83. The molecule has 0 spiro atoms. The molecule has 1 aliphatic rings. The highest BCUT2D eigenvalue weighted by atomic mass is 19.4. The lowest BCUT2D eigenvalue weighted by Gasteiger charge is -2.24. The van der Waals surface area contributed by atoms with E-state index in [1.165, 1.54) is 12.4 Å². The summed E-state index contributed by atoms with van der Waals surface area (Å²) in [6.45, 7) is 0.940. The summed E-state index contributed by atoms with van der Waals surface area (Å²) in [5, 5.41) is 6.25. The second kappa shape index (κ2) is 7.66. The zero-order valence-corrected chi connectivity index (χ0v) is 13.2. The van der Waals surface area contributed by atoms with Crippen molar-refractivity contribution in [3.8, 4) is 5.75 Å². The van der Waals surface area contributed by atoms with E-state index in [0.717, 1.165) is 24.3 Å². The second-order valence-corrected chi connectivity index (χ2v) is 5.46. The number of alkyl halides is 3. The van der Waals surface area contributed by atoms with Crippen LogP contribution in [0.5, 0.6) is 5.75 Å². The molecule has 6 nitrogen and oxygen atoms in total. The van der Waals surface area contributed by atoms with Crippen LogP contribution in [-0.2, 0) is 4.74 Å². The Kier molecular flexibility index (Phi) is 5.34. The number of hydrogen-bond acceptors (Lipinski definition) is 6. The molecule has 1 aromatic carbocycles. The van der Waals surface area contributed by atoms with Crippen molar-refractivity contribution in [1.82, 2.24) is 15.3 Å². The third kappa shape index (κ3) is 5.30. The molecule has 0 unspecified atom stereocenters. The maximum absolute atomic E-state index is 12.1. The third-order valence-electron chi connectivity index (χ3n) is 3.50. The van der Waals surface area contributed by atoms with E-state index < -0.39 is 12.8 Å². The van der Waals surface area contributed by atoms with Crippen LogP contribution >= 0.6 is 0 Å². The summed E-state index contributed by atoms with van der Waals surface area (Å²) in [7, 11) is 0. The maximum Gasteiger partial charge on any atom is 0.422 e. The fourth-order valence-electron chi connectivity index (χ4n) is 2.31.